The number of guanidine groups is 1. The summed E-state index contributed by atoms with van der Waals surface area (Å²) in [5.74, 6) is 0.487. The summed E-state index contributed by atoms with van der Waals surface area (Å²) in [5, 5.41) is 5.15. The number of aliphatic imine (C=N–C) groups is 1. The first-order valence-corrected chi connectivity index (χ1v) is 6.36. The highest BCUT2D eigenvalue weighted by atomic mass is 79.9. The van der Waals surface area contributed by atoms with Crippen molar-refractivity contribution in [3.8, 4) is 0 Å². The van der Waals surface area contributed by atoms with Crippen LogP contribution in [0.15, 0.2) is 20.2 Å². The van der Waals surface area contributed by atoms with E-state index in [0.29, 0.717) is 12.5 Å². The average Bonchev–Trinajstić information content (AvgIpc) is 2.44. The molecule has 0 atom stereocenters. The lowest BCUT2D eigenvalue weighted by Gasteiger charge is -2.20. The van der Waals surface area contributed by atoms with Crippen molar-refractivity contribution in [3.63, 3.8) is 0 Å². The maximum Gasteiger partial charge on any atom is 0.189 e. The van der Waals surface area contributed by atoms with E-state index in [1.165, 1.54) is 5.56 Å². The third-order valence-corrected chi connectivity index (χ3v) is 3.43. The number of nitrogens with zero attached hydrogens (tertiary/aromatic N) is 1. The van der Waals surface area contributed by atoms with Crippen LogP contribution in [0.25, 0.3) is 0 Å². The summed E-state index contributed by atoms with van der Waals surface area (Å²) in [6, 6.07) is 2.04. The lowest BCUT2D eigenvalue weighted by Crippen LogP contribution is -2.44. The Balaban J connectivity index is 2.55. The van der Waals surface area contributed by atoms with Gasteiger partial charge in [-0.1, -0.05) is 0 Å². The third kappa shape index (κ3) is 4.66. The van der Waals surface area contributed by atoms with Crippen molar-refractivity contribution >= 4 is 33.2 Å². The van der Waals surface area contributed by atoms with Crippen LogP contribution in [-0.2, 0) is 6.54 Å². The molecule has 15 heavy (non-hydrogen) atoms. The lowest BCUT2D eigenvalue weighted by molar-refractivity contribution is 0.508. The predicted octanol–water partition coefficient (Wildman–Crippen LogP) is 2.71. The van der Waals surface area contributed by atoms with Crippen molar-refractivity contribution < 1.29 is 0 Å². The SMILES string of the molecule is CC(C)(C)NC(N)=NCc1ccsc1Br. The Morgan fingerprint density at radius 2 is 2.27 bits per heavy atom. The number of nitrogens with one attached hydrogen (secondary N) is 1. The van der Waals surface area contributed by atoms with E-state index in [2.05, 4.69) is 47.0 Å². The molecule has 0 radical (unpaired) electrons. The minimum absolute atomic E-state index is 0.0422. The summed E-state index contributed by atoms with van der Waals surface area (Å²) >= 11 is 5.12. The van der Waals surface area contributed by atoms with Crippen molar-refractivity contribution in [2.24, 2.45) is 10.7 Å². The molecule has 84 valence electrons. The predicted molar refractivity (Wildman–Crippen MR) is 70.2 cm³/mol. The van der Waals surface area contributed by atoms with Crippen molar-refractivity contribution in [2.75, 3.05) is 0 Å². The van der Waals surface area contributed by atoms with Crippen LogP contribution < -0.4 is 11.1 Å². The van der Waals surface area contributed by atoms with Gasteiger partial charge in [0.05, 0.1) is 10.3 Å². The van der Waals surface area contributed by atoms with E-state index in [-0.39, 0.29) is 5.54 Å². The molecule has 0 bridgehead atoms. The number of halogens is 1. The Bertz CT molecular complexity index is 352. The van der Waals surface area contributed by atoms with Crippen LogP contribution in [0.4, 0.5) is 0 Å². The highest BCUT2D eigenvalue weighted by Crippen LogP contribution is 2.23. The molecule has 0 saturated carbocycles. The quantitative estimate of drug-likeness (QED) is 0.650. The minimum atomic E-state index is -0.0422. The fourth-order valence-corrected chi connectivity index (χ4v) is 2.24. The standard InChI is InChI=1S/C10H16BrN3S/c1-10(2,3)14-9(12)13-6-7-4-5-15-8(7)11/h4-5H,6H2,1-3H3,(H3,12,13,14). The summed E-state index contributed by atoms with van der Waals surface area (Å²) in [4.78, 5) is 4.27. The summed E-state index contributed by atoms with van der Waals surface area (Å²) in [6.07, 6.45) is 0. The van der Waals surface area contributed by atoms with E-state index in [1.807, 2.05) is 11.4 Å². The summed E-state index contributed by atoms with van der Waals surface area (Å²) in [5.41, 5.74) is 6.88. The van der Waals surface area contributed by atoms with E-state index in [0.717, 1.165) is 3.79 Å². The summed E-state index contributed by atoms with van der Waals surface area (Å²) in [6.45, 7) is 6.76. The van der Waals surface area contributed by atoms with Crippen LogP contribution >= 0.6 is 27.3 Å². The Morgan fingerprint density at radius 1 is 1.60 bits per heavy atom. The highest BCUT2D eigenvalue weighted by molar-refractivity contribution is 9.11. The zero-order valence-electron chi connectivity index (χ0n) is 9.17. The second-order valence-corrected chi connectivity index (χ2v) is 6.53. The second kappa shape index (κ2) is 4.99. The summed E-state index contributed by atoms with van der Waals surface area (Å²) < 4.78 is 1.12. The molecular weight excluding hydrogens is 274 g/mol. The zero-order valence-corrected chi connectivity index (χ0v) is 11.6. The molecule has 1 rings (SSSR count). The molecule has 0 aliphatic rings. The Morgan fingerprint density at radius 3 is 2.73 bits per heavy atom. The fourth-order valence-electron chi connectivity index (χ4n) is 1.03. The molecule has 3 nitrogen and oxygen atoms in total. The van der Waals surface area contributed by atoms with E-state index >= 15 is 0 Å². The molecule has 0 aliphatic heterocycles. The molecule has 1 aromatic heterocycles. The Labute approximate surface area is 103 Å². The van der Waals surface area contributed by atoms with Gasteiger partial charge in [0.1, 0.15) is 0 Å². The van der Waals surface area contributed by atoms with Gasteiger partial charge < -0.3 is 11.1 Å². The van der Waals surface area contributed by atoms with Gasteiger partial charge in [0, 0.05) is 5.54 Å². The molecular formula is C10H16BrN3S. The monoisotopic (exact) mass is 289 g/mol. The van der Waals surface area contributed by atoms with Gasteiger partial charge in [0.2, 0.25) is 0 Å². The topological polar surface area (TPSA) is 50.4 Å². The molecule has 0 unspecified atom stereocenters. The molecule has 0 aliphatic carbocycles. The van der Waals surface area contributed by atoms with Crippen LogP contribution in [0.5, 0.6) is 0 Å². The Kier molecular flexibility index (Phi) is 4.16. The van der Waals surface area contributed by atoms with E-state index in [4.69, 9.17) is 5.73 Å². The molecule has 1 aromatic rings. The first-order valence-electron chi connectivity index (χ1n) is 4.68. The van der Waals surface area contributed by atoms with Crippen molar-refractivity contribution in [3.05, 3.63) is 20.8 Å². The van der Waals surface area contributed by atoms with Crippen LogP contribution in [0.3, 0.4) is 0 Å². The van der Waals surface area contributed by atoms with Crippen molar-refractivity contribution in [2.45, 2.75) is 32.9 Å². The number of hydrogen-bond acceptors (Lipinski definition) is 2. The van der Waals surface area contributed by atoms with Gasteiger partial charge >= 0.3 is 0 Å². The zero-order chi connectivity index (χ0) is 11.5. The van der Waals surface area contributed by atoms with Crippen LogP contribution in [0.1, 0.15) is 26.3 Å². The first kappa shape index (κ1) is 12.5. The molecule has 3 N–H and O–H groups in total. The van der Waals surface area contributed by atoms with Gasteiger partial charge in [0.15, 0.2) is 5.96 Å². The maximum atomic E-state index is 5.75. The van der Waals surface area contributed by atoms with Gasteiger partial charge in [-0.2, -0.15) is 0 Å². The average molecular weight is 290 g/mol. The molecule has 0 fully saturated rings. The normalized spacial score (nSPS) is 12.9. The van der Waals surface area contributed by atoms with Crippen LogP contribution in [0, 0.1) is 0 Å². The third-order valence-electron chi connectivity index (χ3n) is 1.62. The lowest BCUT2D eigenvalue weighted by atomic mass is 10.1. The largest absolute Gasteiger partial charge is 0.370 e. The molecule has 1 heterocycles. The van der Waals surface area contributed by atoms with Gasteiger partial charge in [-0.3, -0.25) is 0 Å². The number of thiophene rings is 1. The number of nitrogens with two attached hydrogens (primary N) is 1. The van der Waals surface area contributed by atoms with Crippen LogP contribution in [0.2, 0.25) is 0 Å². The summed E-state index contributed by atoms with van der Waals surface area (Å²) in [7, 11) is 0. The Hall–Kier alpha value is -0.550. The molecule has 0 saturated heterocycles. The fraction of sp³-hybridized carbons (Fsp3) is 0.500. The molecule has 0 amide bonds. The smallest absolute Gasteiger partial charge is 0.189 e. The highest BCUT2D eigenvalue weighted by Gasteiger charge is 2.09. The van der Waals surface area contributed by atoms with E-state index in [1.54, 1.807) is 11.3 Å². The van der Waals surface area contributed by atoms with Crippen molar-refractivity contribution in [1.82, 2.24) is 5.32 Å². The second-order valence-electron chi connectivity index (χ2n) is 4.30. The number of hydrogen-bond donors (Lipinski definition) is 2. The first-order chi connectivity index (χ1) is 6.88. The molecule has 5 heteroatoms. The minimum Gasteiger partial charge on any atom is -0.370 e. The van der Waals surface area contributed by atoms with Gasteiger partial charge in [-0.15, -0.1) is 11.3 Å². The van der Waals surface area contributed by atoms with Crippen molar-refractivity contribution in [1.29, 1.82) is 0 Å². The van der Waals surface area contributed by atoms with Gasteiger partial charge in [0.25, 0.3) is 0 Å². The van der Waals surface area contributed by atoms with Gasteiger partial charge in [-0.25, -0.2) is 4.99 Å². The number of rotatable bonds is 2. The van der Waals surface area contributed by atoms with Gasteiger partial charge in [-0.05, 0) is 53.7 Å². The van der Waals surface area contributed by atoms with E-state index in [9.17, 15) is 0 Å². The van der Waals surface area contributed by atoms with Crippen LogP contribution in [-0.4, -0.2) is 11.5 Å². The maximum absolute atomic E-state index is 5.75. The van der Waals surface area contributed by atoms with E-state index < -0.39 is 0 Å². The molecule has 0 aromatic carbocycles. The molecule has 0 spiro atoms.